The maximum absolute atomic E-state index is 5.78. The van der Waals surface area contributed by atoms with Gasteiger partial charge in [-0.2, -0.15) is 0 Å². The van der Waals surface area contributed by atoms with Crippen molar-refractivity contribution in [2.24, 2.45) is 11.8 Å². The lowest BCUT2D eigenvalue weighted by Crippen LogP contribution is -2.13. The molecule has 2 rings (SSSR count). The molecule has 0 spiro atoms. The topological polar surface area (TPSA) is 30.5 Å². The lowest BCUT2D eigenvalue weighted by Gasteiger charge is -2.16. The largest absolute Gasteiger partial charge is 0.493 e. The molecule has 0 bridgehead atoms. The van der Waals surface area contributed by atoms with Gasteiger partial charge >= 0.3 is 0 Å². The number of benzene rings is 1. The zero-order chi connectivity index (χ0) is 13.8. The lowest BCUT2D eigenvalue weighted by atomic mass is 10.0. The Kier molecular flexibility index (Phi) is 4.70. The van der Waals surface area contributed by atoms with Crippen LogP contribution in [0, 0.1) is 11.8 Å². The molecule has 3 nitrogen and oxygen atoms in total. The van der Waals surface area contributed by atoms with Crippen molar-refractivity contribution in [3.05, 3.63) is 23.8 Å². The number of ether oxygens (including phenoxy) is 2. The molecule has 2 unspecified atom stereocenters. The molecule has 0 aromatic heterocycles. The van der Waals surface area contributed by atoms with Crippen molar-refractivity contribution in [2.45, 2.75) is 33.2 Å². The maximum atomic E-state index is 5.78. The third-order valence-electron chi connectivity index (χ3n) is 3.51. The molecule has 1 aliphatic heterocycles. The lowest BCUT2D eigenvalue weighted by molar-refractivity contribution is 0.256. The molecule has 1 saturated heterocycles. The summed E-state index contributed by atoms with van der Waals surface area (Å²) in [4.78, 5) is 0. The molecule has 0 aliphatic carbocycles. The average Bonchev–Trinajstić information content (AvgIpc) is 2.82. The molecule has 0 saturated carbocycles. The molecule has 19 heavy (non-hydrogen) atoms. The van der Waals surface area contributed by atoms with Crippen molar-refractivity contribution in [1.29, 1.82) is 0 Å². The summed E-state index contributed by atoms with van der Waals surface area (Å²) in [5, 5.41) is 3.55. The van der Waals surface area contributed by atoms with Crippen LogP contribution in [0.3, 0.4) is 0 Å². The van der Waals surface area contributed by atoms with Gasteiger partial charge in [0.05, 0.1) is 13.7 Å². The molecule has 1 heterocycles. The maximum Gasteiger partial charge on any atom is 0.161 e. The summed E-state index contributed by atoms with van der Waals surface area (Å²) in [7, 11) is 1.70. The molecule has 0 amide bonds. The normalized spacial score (nSPS) is 22.8. The molecule has 1 N–H and O–H groups in total. The third-order valence-corrected chi connectivity index (χ3v) is 3.51. The monoisotopic (exact) mass is 263 g/mol. The van der Waals surface area contributed by atoms with E-state index in [4.69, 9.17) is 9.47 Å². The number of rotatable bonds is 5. The summed E-state index contributed by atoms with van der Waals surface area (Å²) >= 11 is 0. The highest BCUT2D eigenvalue weighted by Gasteiger charge is 2.22. The van der Waals surface area contributed by atoms with Gasteiger partial charge in [-0.25, -0.2) is 0 Å². The first kappa shape index (κ1) is 14.2. The fourth-order valence-corrected chi connectivity index (χ4v) is 2.44. The standard InChI is InChI=1S/C16H25NO2/c1-11(2)10-19-15-6-5-13(8-16(15)18-4)14-7-12(3)9-17-14/h5-6,8,11-12,14,17H,7,9-10H2,1-4H3. The molecule has 1 aromatic carbocycles. The predicted octanol–water partition coefficient (Wildman–Crippen LogP) is 3.40. The van der Waals surface area contributed by atoms with Gasteiger partial charge in [0.2, 0.25) is 0 Å². The van der Waals surface area contributed by atoms with E-state index in [2.05, 4.69) is 38.2 Å². The Bertz CT molecular complexity index is 417. The molecule has 1 fully saturated rings. The van der Waals surface area contributed by atoms with Gasteiger partial charge in [0.25, 0.3) is 0 Å². The van der Waals surface area contributed by atoms with Crippen molar-refractivity contribution in [3.8, 4) is 11.5 Å². The summed E-state index contributed by atoms with van der Waals surface area (Å²) in [6.45, 7) is 8.38. The van der Waals surface area contributed by atoms with E-state index in [1.807, 2.05) is 6.07 Å². The number of methoxy groups -OCH3 is 1. The van der Waals surface area contributed by atoms with Crippen LogP contribution < -0.4 is 14.8 Å². The minimum Gasteiger partial charge on any atom is -0.493 e. The highest BCUT2D eigenvalue weighted by Crippen LogP contribution is 2.34. The van der Waals surface area contributed by atoms with Crippen LogP contribution in [0.15, 0.2) is 18.2 Å². The Balaban J connectivity index is 2.11. The van der Waals surface area contributed by atoms with Crippen LogP contribution in [0.4, 0.5) is 0 Å². The van der Waals surface area contributed by atoms with Crippen LogP contribution in [0.5, 0.6) is 11.5 Å². The first-order chi connectivity index (χ1) is 9.10. The summed E-state index contributed by atoms with van der Waals surface area (Å²) in [5.41, 5.74) is 1.29. The third kappa shape index (κ3) is 3.63. The van der Waals surface area contributed by atoms with Crippen LogP contribution in [-0.4, -0.2) is 20.3 Å². The molecule has 0 radical (unpaired) electrons. The first-order valence-electron chi connectivity index (χ1n) is 7.14. The van der Waals surface area contributed by atoms with Gasteiger partial charge in [0.1, 0.15) is 0 Å². The highest BCUT2D eigenvalue weighted by molar-refractivity contribution is 5.44. The van der Waals surface area contributed by atoms with E-state index in [1.54, 1.807) is 7.11 Å². The SMILES string of the molecule is COc1cc(C2CC(C)CN2)ccc1OCC(C)C. The molecule has 1 aliphatic rings. The molecular weight excluding hydrogens is 238 g/mol. The molecule has 2 atom stereocenters. The average molecular weight is 263 g/mol. The summed E-state index contributed by atoms with van der Waals surface area (Å²) in [5.74, 6) is 2.93. The van der Waals surface area contributed by atoms with Crippen LogP contribution >= 0.6 is 0 Å². The minimum absolute atomic E-state index is 0.447. The zero-order valence-electron chi connectivity index (χ0n) is 12.4. The van der Waals surface area contributed by atoms with E-state index in [-0.39, 0.29) is 0 Å². The Labute approximate surface area is 116 Å². The fraction of sp³-hybridized carbons (Fsp3) is 0.625. The van der Waals surface area contributed by atoms with E-state index >= 15 is 0 Å². The van der Waals surface area contributed by atoms with Gasteiger partial charge in [-0.3, -0.25) is 0 Å². The van der Waals surface area contributed by atoms with Gasteiger partial charge in [-0.05, 0) is 42.5 Å². The zero-order valence-corrected chi connectivity index (χ0v) is 12.4. The minimum atomic E-state index is 0.447. The Morgan fingerprint density at radius 1 is 1.32 bits per heavy atom. The van der Waals surface area contributed by atoms with Crippen molar-refractivity contribution in [2.75, 3.05) is 20.3 Å². The summed E-state index contributed by atoms with van der Waals surface area (Å²) < 4.78 is 11.2. The van der Waals surface area contributed by atoms with Crippen molar-refractivity contribution in [3.63, 3.8) is 0 Å². The van der Waals surface area contributed by atoms with Gasteiger partial charge in [-0.15, -0.1) is 0 Å². The van der Waals surface area contributed by atoms with Gasteiger partial charge in [0.15, 0.2) is 11.5 Å². The van der Waals surface area contributed by atoms with Crippen LogP contribution in [0.1, 0.15) is 38.8 Å². The van der Waals surface area contributed by atoms with E-state index in [9.17, 15) is 0 Å². The van der Waals surface area contributed by atoms with Crippen molar-refractivity contribution < 1.29 is 9.47 Å². The second-order valence-electron chi connectivity index (χ2n) is 5.92. The van der Waals surface area contributed by atoms with Crippen molar-refractivity contribution >= 4 is 0 Å². The Morgan fingerprint density at radius 2 is 2.11 bits per heavy atom. The van der Waals surface area contributed by atoms with E-state index in [0.29, 0.717) is 18.6 Å². The Hall–Kier alpha value is -1.22. The highest BCUT2D eigenvalue weighted by atomic mass is 16.5. The molecule has 3 heteroatoms. The quantitative estimate of drug-likeness (QED) is 0.883. The van der Waals surface area contributed by atoms with Crippen LogP contribution in [-0.2, 0) is 0 Å². The van der Waals surface area contributed by atoms with E-state index < -0.39 is 0 Å². The summed E-state index contributed by atoms with van der Waals surface area (Å²) in [6, 6.07) is 6.73. The molecule has 106 valence electrons. The second-order valence-corrected chi connectivity index (χ2v) is 5.92. The molecule has 1 aromatic rings. The second kappa shape index (κ2) is 6.29. The van der Waals surface area contributed by atoms with Crippen LogP contribution in [0.25, 0.3) is 0 Å². The van der Waals surface area contributed by atoms with Gasteiger partial charge in [-0.1, -0.05) is 26.8 Å². The number of hydrogen-bond donors (Lipinski definition) is 1. The van der Waals surface area contributed by atoms with E-state index in [0.717, 1.165) is 24.0 Å². The smallest absolute Gasteiger partial charge is 0.161 e. The number of hydrogen-bond acceptors (Lipinski definition) is 3. The van der Waals surface area contributed by atoms with Crippen LogP contribution in [0.2, 0.25) is 0 Å². The van der Waals surface area contributed by atoms with Gasteiger partial charge < -0.3 is 14.8 Å². The molecular formula is C16H25NO2. The number of nitrogens with one attached hydrogen (secondary N) is 1. The van der Waals surface area contributed by atoms with Crippen molar-refractivity contribution in [1.82, 2.24) is 5.32 Å². The first-order valence-corrected chi connectivity index (χ1v) is 7.14. The summed E-state index contributed by atoms with van der Waals surface area (Å²) in [6.07, 6.45) is 1.19. The van der Waals surface area contributed by atoms with E-state index in [1.165, 1.54) is 12.0 Å². The van der Waals surface area contributed by atoms with Gasteiger partial charge in [0, 0.05) is 6.04 Å². The predicted molar refractivity (Wildman–Crippen MR) is 77.9 cm³/mol. The Morgan fingerprint density at radius 3 is 2.68 bits per heavy atom. The fourth-order valence-electron chi connectivity index (χ4n) is 2.44.